The van der Waals surface area contributed by atoms with Gasteiger partial charge in [0.1, 0.15) is 17.3 Å². The summed E-state index contributed by atoms with van der Waals surface area (Å²) in [7, 11) is 3.02. The number of halogens is 1. The molecule has 0 saturated heterocycles. The van der Waals surface area contributed by atoms with Crippen LogP contribution in [0.15, 0.2) is 46.9 Å². The van der Waals surface area contributed by atoms with E-state index in [0.29, 0.717) is 39.6 Å². The zero-order valence-electron chi connectivity index (χ0n) is 15.2. The van der Waals surface area contributed by atoms with Gasteiger partial charge in [0.05, 0.1) is 37.0 Å². The molecule has 0 atom stereocenters. The second-order valence-corrected chi connectivity index (χ2v) is 6.21. The largest absolute Gasteiger partial charge is 0.495 e. The number of carbonyl (C=O) groups is 1. The minimum absolute atomic E-state index is 0.0645. The quantitative estimate of drug-likeness (QED) is 0.675. The van der Waals surface area contributed by atoms with Crippen molar-refractivity contribution in [3.63, 3.8) is 0 Å². The summed E-state index contributed by atoms with van der Waals surface area (Å²) in [5.41, 5.74) is 1.89. The molecule has 0 aliphatic rings. The van der Waals surface area contributed by atoms with E-state index in [4.69, 9.17) is 25.5 Å². The van der Waals surface area contributed by atoms with E-state index in [1.807, 2.05) is 30.3 Å². The first kappa shape index (κ1) is 18.8. The number of nitrogens with one attached hydrogen (secondary N) is 1. The fourth-order valence-electron chi connectivity index (χ4n) is 2.60. The van der Waals surface area contributed by atoms with Gasteiger partial charge in [-0.05, 0) is 25.1 Å². The normalized spacial score (nSPS) is 10.5. The third-order valence-electron chi connectivity index (χ3n) is 3.99. The lowest BCUT2D eigenvalue weighted by Crippen LogP contribution is -2.16. The van der Waals surface area contributed by atoms with Gasteiger partial charge in [0, 0.05) is 11.6 Å². The summed E-state index contributed by atoms with van der Waals surface area (Å²) in [6, 6.07) is 12.7. The van der Waals surface area contributed by atoms with Crippen molar-refractivity contribution in [2.75, 3.05) is 19.5 Å². The molecular weight excluding hydrogens is 368 g/mol. The first-order valence-electron chi connectivity index (χ1n) is 8.25. The fraction of sp³-hybridized carbons (Fsp3) is 0.200. The number of ether oxygens (including phenoxy) is 2. The summed E-state index contributed by atoms with van der Waals surface area (Å²) in [5.74, 6) is 1.74. The Balaban J connectivity index is 1.77. The van der Waals surface area contributed by atoms with Gasteiger partial charge in [-0.1, -0.05) is 29.8 Å². The van der Waals surface area contributed by atoms with Crippen LogP contribution >= 0.6 is 11.6 Å². The maximum atomic E-state index is 12.5. The number of aromatic nitrogens is 1. The van der Waals surface area contributed by atoms with Gasteiger partial charge in [-0.3, -0.25) is 4.79 Å². The van der Waals surface area contributed by atoms with Crippen LogP contribution in [0.25, 0.3) is 11.5 Å². The Morgan fingerprint density at radius 3 is 2.52 bits per heavy atom. The molecule has 7 heteroatoms. The molecule has 3 aromatic rings. The zero-order chi connectivity index (χ0) is 19.4. The summed E-state index contributed by atoms with van der Waals surface area (Å²) in [6.07, 6.45) is 0.0645. The van der Waals surface area contributed by atoms with Crippen molar-refractivity contribution in [1.82, 2.24) is 4.98 Å². The number of oxazole rings is 1. The summed E-state index contributed by atoms with van der Waals surface area (Å²) in [4.78, 5) is 16.9. The zero-order valence-corrected chi connectivity index (χ0v) is 16.0. The molecule has 0 radical (unpaired) electrons. The van der Waals surface area contributed by atoms with E-state index in [-0.39, 0.29) is 12.3 Å². The lowest BCUT2D eigenvalue weighted by atomic mass is 10.2. The van der Waals surface area contributed by atoms with Crippen LogP contribution in [0.5, 0.6) is 11.5 Å². The van der Waals surface area contributed by atoms with Gasteiger partial charge >= 0.3 is 0 Å². The van der Waals surface area contributed by atoms with Gasteiger partial charge in [0.15, 0.2) is 0 Å². The number of methoxy groups -OCH3 is 2. The van der Waals surface area contributed by atoms with Crippen LogP contribution in [0.3, 0.4) is 0 Å². The third kappa shape index (κ3) is 4.23. The maximum Gasteiger partial charge on any atom is 0.230 e. The van der Waals surface area contributed by atoms with Gasteiger partial charge < -0.3 is 19.2 Å². The molecule has 0 bridgehead atoms. The van der Waals surface area contributed by atoms with Crippen LogP contribution in [0.1, 0.15) is 11.5 Å². The Hall–Kier alpha value is -2.99. The predicted octanol–water partition coefficient (Wildman–Crippen LogP) is 4.50. The lowest BCUT2D eigenvalue weighted by Gasteiger charge is -2.12. The van der Waals surface area contributed by atoms with Crippen molar-refractivity contribution < 1.29 is 18.7 Å². The average Bonchev–Trinajstić information content (AvgIpc) is 3.03. The first-order valence-corrected chi connectivity index (χ1v) is 8.62. The topological polar surface area (TPSA) is 73.6 Å². The minimum atomic E-state index is -0.259. The number of carbonyl (C=O) groups excluding carboxylic acids is 1. The molecule has 6 nitrogen and oxygen atoms in total. The van der Waals surface area contributed by atoms with Crippen molar-refractivity contribution in [2.45, 2.75) is 13.3 Å². The molecule has 1 amide bonds. The first-order chi connectivity index (χ1) is 13.0. The molecule has 0 unspecified atom stereocenters. The number of nitrogens with zero attached hydrogens (tertiary/aromatic N) is 1. The van der Waals surface area contributed by atoms with E-state index in [1.165, 1.54) is 14.2 Å². The maximum absolute atomic E-state index is 12.5. The molecular formula is C20H19ClN2O4. The number of rotatable bonds is 6. The minimum Gasteiger partial charge on any atom is -0.495 e. The van der Waals surface area contributed by atoms with Crippen LogP contribution in [-0.4, -0.2) is 25.1 Å². The van der Waals surface area contributed by atoms with Gasteiger partial charge in [0.2, 0.25) is 11.8 Å². The standard InChI is InChI=1S/C20H19ClN2O4/c1-12-15(23-20(27-12)13-7-5-4-6-8-13)10-19(24)22-16-9-14(21)17(25-2)11-18(16)26-3/h4-9,11H,10H2,1-3H3,(H,22,24). The van der Waals surface area contributed by atoms with Crippen LogP contribution < -0.4 is 14.8 Å². The Labute approximate surface area is 162 Å². The Morgan fingerprint density at radius 1 is 1.15 bits per heavy atom. The third-order valence-corrected chi connectivity index (χ3v) is 4.28. The second-order valence-electron chi connectivity index (χ2n) is 5.80. The monoisotopic (exact) mass is 386 g/mol. The lowest BCUT2D eigenvalue weighted by molar-refractivity contribution is -0.115. The molecule has 27 heavy (non-hydrogen) atoms. The van der Waals surface area contributed by atoms with E-state index < -0.39 is 0 Å². The Kier molecular flexibility index (Phi) is 5.66. The van der Waals surface area contributed by atoms with Crippen molar-refractivity contribution >= 4 is 23.2 Å². The molecule has 1 heterocycles. The van der Waals surface area contributed by atoms with Crippen molar-refractivity contribution in [2.24, 2.45) is 0 Å². The van der Waals surface area contributed by atoms with E-state index in [2.05, 4.69) is 10.3 Å². The Morgan fingerprint density at radius 2 is 1.85 bits per heavy atom. The summed E-state index contributed by atoms with van der Waals surface area (Å²) in [5, 5.41) is 3.17. The van der Waals surface area contributed by atoms with Gasteiger partial charge in [-0.25, -0.2) is 4.98 Å². The van der Waals surface area contributed by atoms with Crippen molar-refractivity contribution in [1.29, 1.82) is 0 Å². The number of amides is 1. The smallest absolute Gasteiger partial charge is 0.230 e. The molecule has 3 rings (SSSR count). The molecule has 0 fully saturated rings. The molecule has 140 valence electrons. The molecule has 1 N–H and O–H groups in total. The van der Waals surface area contributed by atoms with Crippen LogP contribution in [0.4, 0.5) is 5.69 Å². The molecule has 0 aliphatic heterocycles. The van der Waals surface area contributed by atoms with Crippen LogP contribution in [-0.2, 0) is 11.2 Å². The number of hydrogen-bond acceptors (Lipinski definition) is 5. The highest BCUT2D eigenvalue weighted by Crippen LogP contribution is 2.36. The highest BCUT2D eigenvalue weighted by molar-refractivity contribution is 6.32. The van der Waals surface area contributed by atoms with E-state index >= 15 is 0 Å². The summed E-state index contributed by atoms with van der Waals surface area (Å²) >= 11 is 6.14. The van der Waals surface area contributed by atoms with Crippen LogP contribution in [0, 0.1) is 6.92 Å². The summed E-state index contributed by atoms with van der Waals surface area (Å²) < 4.78 is 16.1. The van der Waals surface area contributed by atoms with Crippen molar-refractivity contribution in [3.05, 3.63) is 58.9 Å². The second kappa shape index (κ2) is 8.14. The predicted molar refractivity (Wildman–Crippen MR) is 104 cm³/mol. The van der Waals surface area contributed by atoms with Gasteiger partial charge in [-0.15, -0.1) is 0 Å². The highest BCUT2D eigenvalue weighted by Gasteiger charge is 2.17. The molecule has 0 saturated carbocycles. The molecule has 1 aromatic heterocycles. The van der Waals surface area contributed by atoms with E-state index in [9.17, 15) is 4.79 Å². The molecule has 0 spiro atoms. The van der Waals surface area contributed by atoms with Gasteiger partial charge in [-0.2, -0.15) is 0 Å². The SMILES string of the molecule is COc1cc(OC)c(NC(=O)Cc2nc(-c3ccccc3)oc2C)cc1Cl. The number of anilines is 1. The molecule has 2 aromatic carbocycles. The average molecular weight is 387 g/mol. The fourth-order valence-corrected chi connectivity index (χ4v) is 2.84. The highest BCUT2D eigenvalue weighted by atomic mass is 35.5. The number of hydrogen-bond donors (Lipinski definition) is 1. The Bertz CT molecular complexity index is 954. The van der Waals surface area contributed by atoms with Gasteiger partial charge in [0.25, 0.3) is 0 Å². The van der Waals surface area contributed by atoms with E-state index in [0.717, 1.165) is 5.56 Å². The van der Waals surface area contributed by atoms with Crippen LogP contribution in [0.2, 0.25) is 5.02 Å². The van der Waals surface area contributed by atoms with E-state index in [1.54, 1.807) is 19.1 Å². The van der Waals surface area contributed by atoms with Crippen molar-refractivity contribution in [3.8, 4) is 23.0 Å². The summed E-state index contributed by atoms with van der Waals surface area (Å²) in [6.45, 7) is 1.78. The molecule has 0 aliphatic carbocycles. The number of benzene rings is 2. The number of aryl methyl sites for hydroxylation is 1.